The summed E-state index contributed by atoms with van der Waals surface area (Å²) in [5.41, 5.74) is 7.90. The van der Waals surface area contributed by atoms with Crippen LogP contribution in [0.4, 0.5) is 5.69 Å². The topological polar surface area (TPSA) is 50.8 Å². The highest BCUT2D eigenvalue weighted by Gasteiger charge is 2.10. The molecule has 0 atom stereocenters. The van der Waals surface area contributed by atoms with Gasteiger partial charge in [0.2, 0.25) is 0 Å². The van der Waals surface area contributed by atoms with Crippen molar-refractivity contribution < 1.29 is 4.84 Å². The van der Waals surface area contributed by atoms with E-state index in [1.165, 1.54) is 24.0 Å². The summed E-state index contributed by atoms with van der Waals surface area (Å²) in [6, 6.07) is 12.5. The lowest BCUT2D eigenvalue weighted by atomic mass is 9.96. The molecule has 0 spiro atoms. The van der Waals surface area contributed by atoms with Crippen LogP contribution in [0.2, 0.25) is 0 Å². The predicted molar refractivity (Wildman–Crippen MR) is 111 cm³/mol. The molecular weight excluding hydrogens is 322 g/mol. The van der Waals surface area contributed by atoms with Crippen molar-refractivity contribution in [1.82, 2.24) is 0 Å². The second kappa shape index (κ2) is 9.39. The molecule has 0 amide bonds. The van der Waals surface area contributed by atoms with Gasteiger partial charge in [-0.1, -0.05) is 48.8 Å². The summed E-state index contributed by atoms with van der Waals surface area (Å²) >= 11 is 0. The van der Waals surface area contributed by atoms with Crippen LogP contribution < -0.4 is 10.9 Å². The fourth-order valence-electron chi connectivity index (χ4n) is 3.16. The molecule has 0 aliphatic rings. The number of nitrogens with two attached hydrogens (primary N) is 1. The smallest absolute Gasteiger partial charge is 0.144 e. The molecule has 0 heterocycles. The number of aryl methyl sites for hydroxylation is 2. The Labute approximate surface area is 157 Å². The van der Waals surface area contributed by atoms with E-state index in [4.69, 9.17) is 10.7 Å². The summed E-state index contributed by atoms with van der Waals surface area (Å²) in [6.45, 7) is 8.85. The summed E-state index contributed by atoms with van der Waals surface area (Å²) in [7, 11) is 1.83. The lowest BCUT2D eigenvalue weighted by Gasteiger charge is -2.18. The minimum Gasteiger partial charge on any atom is -0.391 e. The monoisotopic (exact) mass is 353 g/mol. The quantitative estimate of drug-likeness (QED) is 0.417. The van der Waals surface area contributed by atoms with Crippen molar-refractivity contribution in [2.75, 3.05) is 12.1 Å². The normalized spacial score (nSPS) is 11.5. The molecule has 0 fully saturated rings. The first-order valence-electron chi connectivity index (χ1n) is 9.28. The van der Waals surface area contributed by atoms with Crippen molar-refractivity contribution in [3.8, 4) is 0 Å². The summed E-state index contributed by atoms with van der Waals surface area (Å²) in [5.74, 6) is 5.92. The van der Waals surface area contributed by atoms with Gasteiger partial charge >= 0.3 is 0 Å². The molecule has 26 heavy (non-hydrogen) atoms. The second-order valence-electron chi connectivity index (χ2n) is 6.83. The maximum atomic E-state index is 5.92. The van der Waals surface area contributed by atoms with Gasteiger partial charge in [0.05, 0.1) is 11.4 Å². The average molecular weight is 354 g/mol. The molecule has 2 aromatic carbocycles. The number of unbranched alkanes of at least 4 members (excludes halogenated alkanes) is 1. The number of nitrogens with zero attached hydrogens (tertiary/aromatic N) is 2. The summed E-state index contributed by atoms with van der Waals surface area (Å²) in [4.78, 5) is 5.69. The Kier molecular flexibility index (Phi) is 7.22. The molecule has 0 unspecified atom stereocenters. The van der Waals surface area contributed by atoms with Gasteiger partial charge in [-0.15, -0.1) is 0 Å². The third kappa shape index (κ3) is 4.85. The van der Waals surface area contributed by atoms with Crippen LogP contribution in [-0.2, 0) is 17.9 Å². The maximum Gasteiger partial charge on any atom is 0.144 e. The molecule has 0 aromatic heterocycles. The van der Waals surface area contributed by atoms with Gasteiger partial charge in [0.25, 0.3) is 0 Å². The zero-order valence-electron chi connectivity index (χ0n) is 16.7. The van der Waals surface area contributed by atoms with Crippen LogP contribution in [0.15, 0.2) is 41.6 Å². The first-order valence-corrected chi connectivity index (χ1v) is 9.28. The molecule has 0 radical (unpaired) electrons. The third-order valence-electron chi connectivity index (χ3n) is 4.81. The Morgan fingerprint density at radius 3 is 2.58 bits per heavy atom. The largest absolute Gasteiger partial charge is 0.391 e. The van der Waals surface area contributed by atoms with Crippen molar-refractivity contribution in [1.29, 1.82) is 0 Å². The van der Waals surface area contributed by atoms with Crippen LogP contribution in [0.1, 0.15) is 54.5 Å². The number of hydrazine groups is 1. The maximum absolute atomic E-state index is 5.92. The van der Waals surface area contributed by atoms with Gasteiger partial charge in [-0.05, 0) is 56.4 Å². The van der Waals surface area contributed by atoms with E-state index in [9.17, 15) is 0 Å². The number of oxime groups is 1. The molecule has 0 saturated carbocycles. The Morgan fingerprint density at radius 2 is 1.88 bits per heavy atom. The fourth-order valence-corrected chi connectivity index (χ4v) is 3.16. The van der Waals surface area contributed by atoms with E-state index in [-0.39, 0.29) is 0 Å². The summed E-state index contributed by atoms with van der Waals surface area (Å²) in [6.07, 6.45) is 3.52. The Hall–Kier alpha value is -2.33. The zero-order valence-corrected chi connectivity index (χ0v) is 16.7. The predicted octanol–water partition coefficient (Wildman–Crippen LogP) is 4.90. The van der Waals surface area contributed by atoms with Crippen LogP contribution >= 0.6 is 0 Å². The lowest BCUT2D eigenvalue weighted by Crippen LogP contribution is -2.26. The Bertz CT molecular complexity index is 766. The van der Waals surface area contributed by atoms with Gasteiger partial charge in [0, 0.05) is 18.2 Å². The minimum absolute atomic E-state index is 0.398. The van der Waals surface area contributed by atoms with E-state index < -0.39 is 0 Å². The Morgan fingerprint density at radius 1 is 1.15 bits per heavy atom. The van der Waals surface area contributed by atoms with Crippen LogP contribution in [0.5, 0.6) is 0 Å². The zero-order chi connectivity index (χ0) is 19.1. The van der Waals surface area contributed by atoms with Gasteiger partial charge in [0.15, 0.2) is 0 Å². The van der Waals surface area contributed by atoms with Gasteiger partial charge in [0.1, 0.15) is 6.61 Å². The van der Waals surface area contributed by atoms with Crippen molar-refractivity contribution in [3.05, 3.63) is 64.2 Å². The number of hydrogen-bond acceptors (Lipinski definition) is 4. The molecule has 0 bridgehead atoms. The average Bonchev–Trinajstić information content (AvgIpc) is 2.61. The van der Waals surface area contributed by atoms with Gasteiger partial charge in [-0.2, -0.15) is 0 Å². The van der Waals surface area contributed by atoms with Gasteiger partial charge in [-0.3, -0.25) is 0 Å². The standard InChI is InChI=1S/C22H31N3O/c1-6-7-11-19-12-9-13-20(17(19)3)18(4)24-26-15-21-16(2)10-8-14-22(21)25(5)23/h8-10,12-14H,6-7,11,15,23H2,1-5H3/b24-18+. The number of anilines is 1. The van der Waals surface area contributed by atoms with Crippen LogP contribution in [0, 0.1) is 13.8 Å². The van der Waals surface area contributed by atoms with Crippen molar-refractivity contribution in [2.45, 2.75) is 53.6 Å². The highest BCUT2D eigenvalue weighted by Crippen LogP contribution is 2.22. The molecule has 2 aromatic rings. The molecule has 0 aliphatic heterocycles. The number of hydrogen-bond donors (Lipinski definition) is 1. The lowest BCUT2D eigenvalue weighted by molar-refractivity contribution is 0.130. The number of benzene rings is 2. The van der Waals surface area contributed by atoms with Crippen molar-refractivity contribution >= 4 is 11.4 Å². The van der Waals surface area contributed by atoms with E-state index in [0.29, 0.717) is 6.61 Å². The molecule has 4 nitrogen and oxygen atoms in total. The van der Waals surface area contributed by atoms with Crippen LogP contribution in [0.25, 0.3) is 0 Å². The molecule has 4 heteroatoms. The van der Waals surface area contributed by atoms with E-state index >= 15 is 0 Å². The first kappa shape index (κ1) is 20.0. The Balaban J connectivity index is 2.15. The van der Waals surface area contributed by atoms with E-state index in [2.05, 4.69) is 50.2 Å². The molecule has 2 rings (SSSR count). The third-order valence-corrected chi connectivity index (χ3v) is 4.81. The van der Waals surface area contributed by atoms with Crippen molar-refractivity contribution in [3.63, 3.8) is 0 Å². The summed E-state index contributed by atoms with van der Waals surface area (Å²) in [5, 5.41) is 5.99. The molecular formula is C22H31N3O. The van der Waals surface area contributed by atoms with Gasteiger partial charge < -0.3 is 9.85 Å². The van der Waals surface area contributed by atoms with E-state index in [0.717, 1.165) is 34.5 Å². The second-order valence-corrected chi connectivity index (χ2v) is 6.83. The van der Waals surface area contributed by atoms with Crippen LogP contribution in [-0.4, -0.2) is 12.8 Å². The minimum atomic E-state index is 0.398. The van der Waals surface area contributed by atoms with Crippen LogP contribution in [0.3, 0.4) is 0 Å². The van der Waals surface area contributed by atoms with E-state index in [1.807, 2.05) is 26.1 Å². The van der Waals surface area contributed by atoms with Gasteiger partial charge in [-0.25, -0.2) is 5.84 Å². The number of rotatable bonds is 8. The van der Waals surface area contributed by atoms with Crippen molar-refractivity contribution in [2.24, 2.45) is 11.0 Å². The molecule has 0 saturated heterocycles. The fraction of sp³-hybridized carbons (Fsp3) is 0.409. The van der Waals surface area contributed by atoms with E-state index in [1.54, 1.807) is 5.01 Å². The highest BCUT2D eigenvalue weighted by atomic mass is 16.6. The molecule has 2 N–H and O–H groups in total. The first-order chi connectivity index (χ1) is 12.5. The molecule has 140 valence electrons. The highest BCUT2D eigenvalue weighted by molar-refractivity contribution is 5.99. The summed E-state index contributed by atoms with van der Waals surface area (Å²) < 4.78 is 0. The SMILES string of the molecule is CCCCc1cccc(/C(C)=N/OCc2c(C)cccc2N(C)N)c1C. The molecule has 0 aliphatic carbocycles.